The molecule has 0 heterocycles. The van der Waals surface area contributed by atoms with Gasteiger partial charge in [-0.15, -0.1) is 0 Å². The zero-order chi connectivity index (χ0) is 22.1. The maximum absolute atomic E-state index is 2.68. The molecule has 0 saturated heterocycles. The van der Waals surface area contributed by atoms with Crippen LogP contribution in [0.5, 0.6) is 0 Å². The summed E-state index contributed by atoms with van der Waals surface area (Å²) in [6, 6.07) is 10.2. The van der Waals surface area contributed by atoms with E-state index in [9.17, 15) is 0 Å². The number of unbranched alkanes of at least 4 members (excludes halogenated alkanes) is 7. The van der Waals surface area contributed by atoms with Gasteiger partial charge >= 0.3 is 195 Å². The minimum atomic E-state index is -2.28. The fourth-order valence-corrected chi connectivity index (χ4v) is 20.8. The fourth-order valence-electron chi connectivity index (χ4n) is 4.85. The van der Waals surface area contributed by atoms with E-state index in [1.54, 1.807) is 13.3 Å². The molecule has 0 saturated carbocycles. The van der Waals surface area contributed by atoms with Crippen molar-refractivity contribution in [2.24, 2.45) is 0 Å². The van der Waals surface area contributed by atoms with Crippen molar-refractivity contribution in [3.63, 3.8) is 0 Å². The Kier molecular flexibility index (Phi) is 16.1. The number of nitrogens with zero attached hydrogens (tertiary/aromatic N) is 1. The van der Waals surface area contributed by atoms with Gasteiger partial charge in [0, 0.05) is 0 Å². The Hall–Kier alpha value is -0.181. The van der Waals surface area contributed by atoms with Crippen LogP contribution in [0.4, 0.5) is 5.69 Å². The van der Waals surface area contributed by atoms with Gasteiger partial charge < -0.3 is 0 Å². The van der Waals surface area contributed by atoms with Gasteiger partial charge in [-0.05, 0) is 0 Å². The Bertz CT molecular complexity index is 478. The molecule has 0 N–H and O–H groups in total. The molecule has 30 heavy (non-hydrogen) atoms. The second-order valence-corrected chi connectivity index (χ2v) is 22.8. The molecule has 2 heteroatoms. The topological polar surface area (TPSA) is 3.24 Å². The van der Waals surface area contributed by atoms with Gasteiger partial charge in [-0.1, -0.05) is 0 Å². The number of rotatable bonds is 19. The first kappa shape index (κ1) is 27.9. The van der Waals surface area contributed by atoms with E-state index in [0.29, 0.717) is 0 Å². The first-order valence-corrected chi connectivity index (χ1v) is 21.0. The van der Waals surface area contributed by atoms with Gasteiger partial charge in [0.15, 0.2) is 0 Å². The zero-order valence-corrected chi connectivity index (χ0v) is 24.1. The monoisotopic (exact) mass is 523 g/mol. The quantitative estimate of drug-likeness (QED) is 0.130. The molecule has 1 rings (SSSR count). The molecule has 0 amide bonds. The van der Waals surface area contributed by atoms with Gasteiger partial charge in [-0.25, -0.2) is 0 Å². The van der Waals surface area contributed by atoms with E-state index in [1.807, 2.05) is 3.58 Å². The molecule has 1 aromatic carbocycles. The molecular weight excluding hydrogens is 469 g/mol. The first-order valence-electron chi connectivity index (χ1n) is 13.5. The van der Waals surface area contributed by atoms with Gasteiger partial charge in [0.1, 0.15) is 0 Å². The molecule has 1 aromatic rings. The molecular formula is C28H53NSn. The number of hydrogen-bond donors (Lipinski definition) is 0. The van der Waals surface area contributed by atoms with Crippen molar-refractivity contribution in [1.82, 2.24) is 0 Å². The van der Waals surface area contributed by atoms with Crippen LogP contribution in [0, 0.1) is 0 Å². The molecule has 0 atom stereocenters. The third kappa shape index (κ3) is 9.96. The Balaban J connectivity index is 3.05. The van der Waals surface area contributed by atoms with E-state index in [2.05, 4.69) is 63.8 Å². The molecule has 0 aliphatic carbocycles. The molecule has 0 aromatic heterocycles. The summed E-state index contributed by atoms with van der Waals surface area (Å²) >= 11 is -2.28. The summed E-state index contributed by atoms with van der Waals surface area (Å²) in [6.07, 6.45) is 16.4. The van der Waals surface area contributed by atoms with E-state index in [-0.39, 0.29) is 0 Å². The summed E-state index contributed by atoms with van der Waals surface area (Å²) in [5.41, 5.74) is 1.48. The molecule has 0 spiro atoms. The second kappa shape index (κ2) is 17.4. The van der Waals surface area contributed by atoms with Crippen LogP contribution in [0.25, 0.3) is 0 Å². The number of anilines is 1. The second-order valence-electron chi connectivity index (χ2n) is 9.54. The first-order chi connectivity index (χ1) is 14.7. The van der Waals surface area contributed by atoms with E-state index >= 15 is 0 Å². The molecule has 1 nitrogen and oxygen atoms in total. The average Bonchev–Trinajstić information content (AvgIpc) is 2.78. The van der Waals surface area contributed by atoms with Crippen molar-refractivity contribution in [3.05, 3.63) is 24.3 Å². The van der Waals surface area contributed by atoms with Crippen LogP contribution in [-0.4, -0.2) is 31.5 Å². The van der Waals surface area contributed by atoms with Crippen LogP contribution >= 0.6 is 0 Å². The SMILES string of the molecule is CCCCCN(CCCCC)c1cc[c]([Sn]([CH2]CCC)([CH2]CCC)[CH2]CCC)cc1. The van der Waals surface area contributed by atoms with Crippen LogP contribution in [0.3, 0.4) is 0 Å². The van der Waals surface area contributed by atoms with E-state index in [4.69, 9.17) is 0 Å². The molecule has 0 bridgehead atoms. The van der Waals surface area contributed by atoms with Crippen LogP contribution < -0.4 is 8.48 Å². The molecule has 0 aliphatic rings. The minimum absolute atomic E-state index is 1.23. The predicted molar refractivity (Wildman–Crippen MR) is 142 cm³/mol. The standard InChI is InChI=1S/C16H26N.3C4H9.Sn/c1-3-5-10-14-17(15-11-6-4-2)16-12-8-7-9-13-16;3*1-3-4-2;/h8-9,12-13H,3-6,10-11,14-15H2,1-2H3;3*1,3-4H2,2H3;. The molecule has 174 valence electrons. The van der Waals surface area contributed by atoms with Crippen LogP contribution in [-0.2, 0) is 0 Å². The molecule has 0 aliphatic heterocycles. The van der Waals surface area contributed by atoms with Crippen molar-refractivity contribution >= 4 is 27.6 Å². The number of hydrogen-bond acceptors (Lipinski definition) is 1. The average molecular weight is 522 g/mol. The van der Waals surface area contributed by atoms with Gasteiger partial charge in [-0.3, -0.25) is 0 Å². The maximum atomic E-state index is 2.68. The van der Waals surface area contributed by atoms with Crippen LogP contribution in [0.1, 0.15) is 112 Å². The van der Waals surface area contributed by atoms with Crippen molar-refractivity contribution in [1.29, 1.82) is 0 Å². The van der Waals surface area contributed by atoms with Gasteiger partial charge in [0.2, 0.25) is 0 Å². The van der Waals surface area contributed by atoms with Crippen LogP contribution in [0.2, 0.25) is 13.3 Å². The molecule has 0 radical (unpaired) electrons. The van der Waals surface area contributed by atoms with Crippen molar-refractivity contribution in [3.8, 4) is 0 Å². The number of benzene rings is 1. The third-order valence-corrected chi connectivity index (χ3v) is 22.6. The van der Waals surface area contributed by atoms with E-state index in [0.717, 1.165) is 0 Å². The normalized spacial score (nSPS) is 11.8. The molecule has 0 unspecified atom stereocenters. The Labute approximate surface area is 194 Å². The van der Waals surface area contributed by atoms with Crippen LogP contribution in [0.15, 0.2) is 24.3 Å². The molecule has 0 fully saturated rings. The predicted octanol–water partition coefficient (Wildman–Crippen LogP) is 8.93. The van der Waals surface area contributed by atoms with E-state index < -0.39 is 18.4 Å². The van der Waals surface area contributed by atoms with E-state index in [1.165, 1.54) is 95.8 Å². The van der Waals surface area contributed by atoms with Gasteiger partial charge in [0.05, 0.1) is 0 Å². The van der Waals surface area contributed by atoms with Gasteiger partial charge in [0.25, 0.3) is 0 Å². The Morgan fingerprint density at radius 1 is 0.533 bits per heavy atom. The summed E-state index contributed by atoms with van der Waals surface area (Å²) in [4.78, 5) is 2.68. The summed E-state index contributed by atoms with van der Waals surface area (Å²) in [5, 5.41) is 0. The van der Waals surface area contributed by atoms with Crippen molar-refractivity contribution in [2.75, 3.05) is 18.0 Å². The summed E-state index contributed by atoms with van der Waals surface area (Å²) in [7, 11) is 0. The Morgan fingerprint density at radius 3 is 1.30 bits per heavy atom. The zero-order valence-electron chi connectivity index (χ0n) is 21.3. The summed E-state index contributed by atoms with van der Waals surface area (Å²) in [6.45, 7) is 14.2. The van der Waals surface area contributed by atoms with Gasteiger partial charge in [-0.2, -0.15) is 0 Å². The van der Waals surface area contributed by atoms with Crippen molar-refractivity contribution in [2.45, 2.75) is 125 Å². The fraction of sp³-hybridized carbons (Fsp3) is 0.786. The Morgan fingerprint density at radius 2 is 0.933 bits per heavy atom. The third-order valence-electron chi connectivity index (χ3n) is 6.93. The summed E-state index contributed by atoms with van der Waals surface area (Å²) < 4.78 is 6.54. The summed E-state index contributed by atoms with van der Waals surface area (Å²) in [5.74, 6) is 0. The van der Waals surface area contributed by atoms with Crippen molar-refractivity contribution < 1.29 is 0 Å².